The van der Waals surface area contributed by atoms with Gasteiger partial charge in [-0.3, -0.25) is 0 Å². The highest BCUT2D eigenvalue weighted by molar-refractivity contribution is 5.02. The molecular formula is C21H40N4. The Bertz CT molecular complexity index is 412. The Balaban J connectivity index is 3.74. The van der Waals surface area contributed by atoms with Gasteiger partial charge in [0, 0.05) is 46.8 Å². The van der Waals surface area contributed by atoms with E-state index in [9.17, 15) is 0 Å². The fourth-order valence-electron chi connectivity index (χ4n) is 2.21. The van der Waals surface area contributed by atoms with Gasteiger partial charge in [0.05, 0.1) is 0 Å². The molecule has 4 heteroatoms. The van der Waals surface area contributed by atoms with Crippen molar-refractivity contribution < 1.29 is 0 Å². The summed E-state index contributed by atoms with van der Waals surface area (Å²) < 4.78 is 0. The summed E-state index contributed by atoms with van der Waals surface area (Å²) in [5.74, 6) is 0. The quantitative estimate of drug-likeness (QED) is 0.382. The van der Waals surface area contributed by atoms with E-state index < -0.39 is 0 Å². The molecule has 0 bridgehead atoms. The zero-order chi connectivity index (χ0) is 18.9. The van der Waals surface area contributed by atoms with E-state index in [4.69, 9.17) is 5.73 Å². The van der Waals surface area contributed by atoms with E-state index in [-0.39, 0.29) is 6.04 Å². The molecule has 0 aromatic rings. The van der Waals surface area contributed by atoms with E-state index in [1.54, 1.807) is 0 Å². The van der Waals surface area contributed by atoms with Gasteiger partial charge in [0.2, 0.25) is 0 Å². The van der Waals surface area contributed by atoms with Crippen molar-refractivity contribution in [3.8, 4) is 0 Å². The van der Waals surface area contributed by atoms with E-state index in [1.807, 2.05) is 25.2 Å². The van der Waals surface area contributed by atoms with Crippen LogP contribution in [-0.2, 0) is 0 Å². The third kappa shape index (κ3) is 15.6. The van der Waals surface area contributed by atoms with Gasteiger partial charge in [-0.2, -0.15) is 0 Å². The third-order valence-electron chi connectivity index (χ3n) is 3.96. The van der Waals surface area contributed by atoms with Crippen LogP contribution in [0.15, 0.2) is 49.0 Å². The first kappa shape index (κ1) is 23.3. The molecule has 0 aliphatic carbocycles. The molecule has 25 heavy (non-hydrogen) atoms. The molecule has 0 heterocycles. The molecule has 4 nitrogen and oxygen atoms in total. The number of nitrogens with two attached hydrogens (primary N) is 1. The van der Waals surface area contributed by atoms with Gasteiger partial charge in [0.25, 0.3) is 0 Å². The van der Waals surface area contributed by atoms with E-state index >= 15 is 0 Å². The summed E-state index contributed by atoms with van der Waals surface area (Å²) in [5, 5.41) is 0. The molecule has 0 fully saturated rings. The normalized spacial score (nSPS) is 13.5. The minimum atomic E-state index is 0.0122. The van der Waals surface area contributed by atoms with Crippen LogP contribution in [0.4, 0.5) is 0 Å². The molecule has 0 aromatic heterocycles. The molecule has 0 rings (SSSR count). The number of nitrogens with zero attached hydrogens (tertiary/aromatic N) is 3. The number of hydrogen-bond acceptors (Lipinski definition) is 4. The molecular weight excluding hydrogens is 308 g/mol. The van der Waals surface area contributed by atoms with Crippen LogP contribution in [0, 0.1) is 0 Å². The Labute approximate surface area is 156 Å². The van der Waals surface area contributed by atoms with Crippen LogP contribution in [0.5, 0.6) is 0 Å². The van der Waals surface area contributed by atoms with Crippen LogP contribution in [0.2, 0.25) is 0 Å². The molecule has 0 amide bonds. The van der Waals surface area contributed by atoms with Crippen molar-refractivity contribution in [1.29, 1.82) is 0 Å². The van der Waals surface area contributed by atoms with Gasteiger partial charge < -0.3 is 20.4 Å². The van der Waals surface area contributed by atoms with Crippen LogP contribution >= 0.6 is 0 Å². The lowest BCUT2D eigenvalue weighted by atomic mass is 10.2. The van der Waals surface area contributed by atoms with E-state index in [2.05, 4.69) is 73.5 Å². The largest absolute Gasteiger partial charge is 0.381 e. The van der Waals surface area contributed by atoms with Gasteiger partial charge in [-0.25, -0.2) is 0 Å². The molecule has 1 unspecified atom stereocenters. The molecule has 0 aromatic carbocycles. The Morgan fingerprint density at radius 3 is 1.84 bits per heavy atom. The highest BCUT2D eigenvalue weighted by Gasteiger charge is 1.94. The summed E-state index contributed by atoms with van der Waals surface area (Å²) in [6.07, 6.45) is 21.5. The van der Waals surface area contributed by atoms with Crippen LogP contribution in [-0.4, -0.2) is 61.5 Å². The summed E-state index contributed by atoms with van der Waals surface area (Å²) in [4.78, 5) is 6.67. The molecule has 0 aliphatic rings. The van der Waals surface area contributed by atoms with E-state index in [0.717, 1.165) is 38.9 Å². The van der Waals surface area contributed by atoms with Crippen LogP contribution < -0.4 is 5.73 Å². The molecule has 0 spiro atoms. The van der Waals surface area contributed by atoms with Crippen molar-refractivity contribution in [3.63, 3.8) is 0 Å². The minimum absolute atomic E-state index is 0.0122. The van der Waals surface area contributed by atoms with E-state index in [1.165, 1.54) is 6.42 Å². The summed E-state index contributed by atoms with van der Waals surface area (Å²) in [6.45, 7) is 7.36. The summed E-state index contributed by atoms with van der Waals surface area (Å²) in [7, 11) is 6.35. The molecule has 2 N–H and O–H groups in total. The van der Waals surface area contributed by atoms with Crippen molar-refractivity contribution in [2.24, 2.45) is 5.73 Å². The molecule has 1 atom stereocenters. The monoisotopic (exact) mass is 348 g/mol. The molecule has 0 radical (unpaired) electrons. The maximum atomic E-state index is 5.90. The first-order valence-corrected chi connectivity index (χ1v) is 9.50. The number of rotatable bonds is 14. The van der Waals surface area contributed by atoms with Crippen molar-refractivity contribution in [2.75, 3.05) is 40.8 Å². The first-order chi connectivity index (χ1) is 12.0. The van der Waals surface area contributed by atoms with Crippen molar-refractivity contribution >= 4 is 0 Å². The lowest BCUT2D eigenvalue weighted by Crippen LogP contribution is -2.17. The Kier molecular flexibility index (Phi) is 14.8. The lowest BCUT2D eigenvalue weighted by molar-refractivity contribution is 0.434. The fraction of sp³-hybridized carbons (Fsp3) is 0.619. The topological polar surface area (TPSA) is 35.7 Å². The van der Waals surface area contributed by atoms with Crippen molar-refractivity contribution in [1.82, 2.24) is 14.7 Å². The highest BCUT2D eigenvalue weighted by atomic mass is 15.1. The summed E-state index contributed by atoms with van der Waals surface area (Å²) in [6, 6.07) is 0.0122. The maximum Gasteiger partial charge on any atom is 0.0427 e. The predicted octanol–water partition coefficient (Wildman–Crippen LogP) is 3.81. The Morgan fingerprint density at radius 1 is 0.800 bits per heavy atom. The van der Waals surface area contributed by atoms with Gasteiger partial charge in [-0.15, -0.1) is 0 Å². The van der Waals surface area contributed by atoms with Gasteiger partial charge in [0.15, 0.2) is 0 Å². The summed E-state index contributed by atoms with van der Waals surface area (Å²) >= 11 is 0. The van der Waals surface area contributed by atoms with Crippen LogP contribution in [0.25, 0.3) is 0 Å². The zero-order valence-electron chi connectivity index (χ0n) is 17.1. The smallest absolute Gasteiger partial charge is 0.0427 e. The zero-order valence-corrected chi connectivity index (χ0v) is 17.1. The SMILES string of the molecule is C/C=C\C(N)/C=C/N(C)CCC/C=C/N(C)CCC/C=C/N(C)CC. The maximum absolute atomic E-state index is 5.90. The number of hydrogen-bond donors (Lipinski definition) is 1. The van der Waals surface area contributed by atoms with Crippen molar-refractivity contribution in [2.45, 2.75) is 45.6 Å². The third-order valence-corrected chi connectivity index (χ3v) is 3.96. The molecule has 0 saturated carbocycles. The Hall–Kier alpha value is -1.68. The second kappa shape index (κ2) is 15.8. The van der Waals surface area contributed by atoms with Crippen molar-refractivity contribution in [3.05, 3.63) is 49.0 Å². The Morgan fingerprint density at radius 2 is 1.32 bits per heavy atom. The average molecular weight is 349 g/mol. The first-order valence-electron chi connectivity index (χ1n) is 9.50. The standard InChI is InChI=1S/C21H40N4/c1-6-14-21(22)15-20-25(5)19-13-9-12-18-24(4)17-11-8-10-16-23(3)7-2/h6,10,12,14-16,18,20-21H,7-9,11,13,17,19,22H2,1-5H3/b14-6-,16-10+,18-12+,20-15+. The molecule has 0 saturated heterocycles. The number of unbranched alkanes of at least 4 members (excludes halogenated alkanes) is 2. The van der Waals surface area contributed by atoms with Crippen LogP contribution in [0.3, 0.4) is 0 Å². The average Bonchev–Trinajstić information content (AvgIpc) is 2.59. The molecule has 144 valence electrons. The second-order valence-corrected chi connectivity index (χ2v) is 6.53. The van der Waals surface area contributed by atoms with Gasteiger partial charge in [-0.05, 0) is 64.2 Å². The fourth-order valence-corrected chi connectivity index (χ4v) is 2.21. The minimum Gasteiger partial charge on any atom is -0.381 e. The summed E-state index contributed by atoms with van der Waals surface area (Å²) in [5.41, 5.74) is 5.90. The van der Waals surface area contributed by atoms with Crippen LogP contribution in [0.1, 0.15) is 39.5 Å². The number of allylic oxidation sites excluding steroid dienone is 3. The lowest BCUT2D eigenvalue weighted by Gasteiger charge is -2.15. The van der Waals surface area contributed by atoms with Gasteiger partial charge in [-0.1, -0.05) is 24.3 Å². The van der Waals surface area contributed by atoms with Gasteiger partial charge in [0.1, 0.15) is 0 Å². The van der Waals surface area contributed by atoms with Gasteiger partial charge >= 0.3 is 0 Å². The predicted molar refractivity (Wildman–Crippen MR) is 112 cm³/mol. The highest BCUT2D eigenvalue weighted by Crippen LogP contribution is 2.00. The molecule has 0 aliphatic heterocycles. The van der Waals surface area contributed by atoms with E-state index in [0.29, 0.717) is 0 Å². The second-order valence-electron chi connectivity index (χ2n) is 6.53.